The summed E-state index contributed by atoms with van der Waals surface area (Å²) in [7, 11) is 1.62. The fourth-order valence-electron chi connectivity index (χ4n) is 2.29. The van der Waals surface area contributed by atoms with Crippen molar-refractivity contribution in [2.24, 2.45) is 0 Å². The molecule has 0 bridgehead atoms. The molecule has 1 amide bonds. The standard InChI is InChI=1S/C13H19N3O2/c1-18-9-4-13(17)16-7-2-11(3-8-16)12-10-14-5-6-15-12/h5-6,10-11H,2-4,7-9H2,1H3. The fourth-order valence-corrected chi connectivity index (χ4v) is 2.29. The summed E-state index contributed by atoms with van der Waals surface area (Å²) in [6.45, 7) is 2.12. The minimum atomic E-state index is 0.189. The Bertz CT molecular complexity index is 375. The molecule has 0 unspecified atom stereocenters. The lowest BCUT2D eigenvalue weighted by Gasteiger charge is -2.31. The molecule has 1 fully saturated rings. The van der Waals surface area contributed by atoms with E-state index in [4.69, 9.17) is 4.74 Å². The predicted octanol–water partition coefficient (Wildman–Crippen LogP) is 1.22. The molecule has 0 N–H and O–H groups in total. The number of amides is 1. The maximum Gasteiger partial charge on any atom is 0.224 e. The zero-order valence-corrected chi connectivity index (χ0v) is 10.7. The molecule has 1 aromatic rings. The van der Waals surface area contributed by atoms with Gasteiger partial charge < -0.3 is 9.64 Å². The minimum absolute atomic E-state index is 0.189. The number of methoxy groups -OCH3 is 1. The summed E-state index contributed by atoms with van der Waals surface area (Å²) in [6, 6.07) is 0. The van der Waals surface area contributed by atoms with E-state index in [1.165, 1.54) is 0 Å². The molecule has 1 saturated heterocycles. The molecule has 1 aliphatic rings. The molecule has 0 atom stereocenters. The number of hydrogen-bond acceptors (Lipinski definition) is 4. The Kier molecular flexibility index (Phi) is 4.64. The van der Waals surface area contributed by atoms with Gasteiger partial charge in [0.25, 0.3) is 0 Å². The lowest BCUT2D eigenvalue weighted by molar-refractivity contribution is -0.133. The molecule has 1 aromatic heterocycles. The van der Waals surface area contributed by atoms with Crippen molar-refractivity contribution in [1.82, 2.24) is 14.9 Å². The van der Waals surface area contributed by atoms with E-state index in [0.29, 0.717) is 18.9 Å². The molecule has 18 heavy (non-hydrogen) atoms. The molecule has 1 aliphatic heterocycles. The molecule has 0 radical (unpaired) electrons. The van der Waals surface area contributed by atoms with Crippen LogP contribution in [0.25, 0.3) is 0 Å². The molecule has 0 aliphatic carbocycles. The van der Waals surface area contributed by atoms with E-state index in [2.05, 4.69) is 9.97 Å². The van der Waals surface area contributed by atoms with Crippen LogP contribution in [-0.2, 0) is 9.53 Å². The van der Waals surface area contributed by atoms with E-state index < -0.39 is 0 Å². The van der Waals surface area contributed by atoms with Crippen LogP contribution in [0.15, 0.2) is 18.6 Å². The van der Waals surface area contributed by atoms with Gasteiger partial charge in [-0.3, -0.25) is 14.8 Å². The van der Waals surface area contributed by atoms with Gasteiger partial charge in [-0.2, -0.15) is 0 Å². The number of ether oxygens (including phenoxy) is 1. The highest BCUT2D eigenvalue weighted by Crippen LogP contribution is 2.26. The first-order valence-corrected chi connectivity index (χ1v) is 6.34. The van der Waals surface area contributed by atoms with Crippen molar-refractivity contribution in [3.8, 4) is 0 Å². The van der Waals surface area contributed by atoms with Gasteiger partial charge in [-0.25, -0.2) is 0 Å². The number of carbonyl (C=O) groups is 1. The van der Waals surface area contributed by atoms with Crippen LogP contribution in [0, 0.1) is 0 Å². The number of likely N-dealkylation sites (tertiary alicyclic amines) is 1. The Morgan fingerprint density at radius 1 is 1.44 bits per heavy atom. The van der Waals surface area contributed by atoms with Crippen molar-refractivity contribution in [2.75, 3.05) is 26.8 Å². The van der Waals surface area contributed by atoms with Crippen molar-refractivity contribution in [3.05, 3.63) is 24.3 Å². The number of piperidine rings is 1. The summed E-state index contributed by atoms with van der Waals surface area (Å²) >= 11 is 0. The predicted molar refractivity (Wildman–Crippen MR) is 67.1 cm³/mol. The number of rotatable bonds is 4. The normalized spacial score (nSPS) is 16.8. The lowest BCUT2D eigenvalue weighted by Crippen LogP contribution is -2.38. The van der Waals surface area contributed by atoms with E-state index in [-0.39, 0.29) is 5.91 Å². The average Bonchev–Trinajstić information content (AvgIpc) is 2.46. The zero-order valence-electron chi connectivity index (χ0n) is 10.7. The summed E-state index contributed by atoms with van der Waals surface area (Å²) in [5.41, 5.74) is 1.04. The molecule has 98 valence electrons. The number of carbonyl (C=O) groups excluding carboxylic acids is 1. The summed E-state index contributed by atoms with van der Waals surface area (Å²) < 4.78 is 4.93. The highest BCUT2D eigenvalue weighted by molar-refractivity contribution is 5.76. The van der Waals surface area contributed by atoms with Crippen LogP contribution in [0.1, 0.15) is 30.9 Å². The van der Waals surface area contributed by atoms with Crippen molar-refractivity contribution >= 4 is 5.91 Å². The Hall–Kier alpha value is -1.49. The van der Waals surface area contributed by atoms with Crippen LogP contribution in [0.3, 0.4) is 0 Å². The van der Waals surface area contributed by atoms with Crippen LogP contribution in [0.4, 0.5) is 0 Å². The van der Waals surface area contributed by atoms with Gasteiger partial charge in [0, 0.05) is 44.7 Å². The van der Waals surface area contributed by atoms with Crippen molar-refractivity contribution in [2.45, 2.75) is 25.2 Å². The van der Waals surface area contributed by atoms with Crippen LogP contribution in [0.5, 0.6) is 0 Å². The van der Waals surface area contributed by atoms with Crippen molar-refractivity contribution < 1.29 is 9.53 Å². The Morgan fingerprint density at radius 3 is 2.83 bits per heavy atom. The summed E-state index contributed by atoms with van der Waals surface area (Å²) in [6.07, 6.45) is 7.66. The lowest BCUT2D eigenvalue weighted by atomic mass is 9.93. The second kappa shape index (κ2) is 6.44. The average molecular weight is 249 g/mol. The number of hydrogen-bond donors (Lipinski definition) is 0. The fraction of sp³-hybridized carbons (Fsp3) is 0.615. The second-order valence-electron chi connectivity index (χ2n) is 4.53. The summed E-state index contributed by atoms with van der Waals surface area (Å²) in [5.74, 6) is 0.625. The Labute approximate surface area is 107 Å². The molecular formula is C13H19N3O2. The first kappa shape index (κ1) is 13.0. The third-order valence-corrected chi connectivity index (χ3v) is 3.37. The maximum absolute atomic E-state index is 11.8. The first-order valence-electron chi connectivity index (χ1n) is 6.34. The zero-order chi connectivity index (χ0) is 12.8. The van der Waals surface area contributed by atoms with Crippen molar-refractivity contribution in [3.63, 3.8) is 0 Å². The van der Waals surface area contributed by atoms with Gasteiger partial charge in [0.2, 0.25) is 5.91 Å². The van der Waals surface area contributed by atoms with E-state index >= 15 is 0 Å². The monoisotopic (exact) mass is 249 g/mol. The van der Waals surface area contributed by atoms with E-state index in [9.17, 15) is 4.79 Å². The van der Waals surface area contributed by atoms with Crippen molar-refractivity contribution in [1.29, 1.82) is 0 Å². The van der Waals surface area contributed by atoms with Crippen LogP contribution in [0.2, 0.25) is 0 Å². The largest absolute Gasteiger partial charge is 0.384 e. The maximum atomic E-state index is 11.8. The third kappa shape index (κ3) is 3.26. The smallest absolute Gasteiger partial charge is 0.224 e. The SMILES string of the molecule is COCCC(=O)N1CCC(c2cnccn2)CC1. The van der Waals surface area contributed by atoms with Gasteiger partial charge >= 0.3 is 0 Å². The number of aromatic nitrogens is 2. The molecular weight excluding hydrogens is 230 g/mol. The molecule has 0 saturated carbocycles. The minimum Gasteiger partial charge on any atom is -0.384 e. The van der Waals surface area contributed by atoms with E-state index in [1.54, 1.807) is 19.5 Å². The molecule has 2 rings (SSSR count). The van der Waals surface area contributed by atoms with Gasteiger partial charge in [-0.1, -0.05) is 0 Å². The molecule has 0 aromatic carbocycles. The quantitative estimate of drug-likeness (QED) is 0.805. The van der Waals surface area contributed by atoms with Gasteiger partial charge in [-0.15, -0.1) is 0 Å². The Morgan fingerprint density at radius 2 is 2.22 bits per heavy atom. The number of nitrogens with zero attached hydrogens (tertiary/aromatic N) is 3. The van der Waals surface area contributed by atoms with Gasteiger partial charge in [0.05, 0.1) is 18.7 Å². The summed E-state index contributed by atoms with van der Waals surface area (Å²) in [4.78, 5) is 22.2. The topological polar surface area (TPSA) is 55.3 Å². The van der Waals surface area contributed by atoms with Crippen LogP contribution >= 0.6 is 0 Å². The first-order chi connectivity index (χ1) is 8.81. The highest BCUT2D eigenvalue weighted by atomic mass is 16.5. The molecule has 0 spiro atoms. The van der Waals surface area contributed by atoms with Gasteiger partial charge in [0.15, 0.2) is 0 Å². The van der Waals surface area contributed by atoms with Crippen LogP contribution < -0.4 is 0 Å². The van der Waals surface area contributed by atoms with Gasteiger partial charge in [0.1, 0.15) is 0 Å². The van der Waals surface area contributed by atoms with Crippen LogP contribution in [-0.4, -0.2) is 47.6 Å². The Balaban J connectivity index is 1.83. The summed E-state index contributed by atoms with van der Waals surface area (Å²) in [5, 5.41) is 0. The van der Waals surface area contributed by atoms with E-state index in [0.717, 1.165) is 31.6 Å². The second-order valence-corrected chi connectivity index (χ2v) is 4.53. The molecule has 5 nitrogen and oxygen atoms in total. The third-order valence-electron chi connectivity index (χ3n) is 3.37. The van der Waals surface area contributed by atoms with E-state index in [1.807, 2.05) is 11.1 Å². The molecule has 2 heterocycles. The van der Waals surface area contributed by atoms with Gasteiger partial charge in [-0.05, 0) is 12.8 Å². The highest BCUT2D eigenvalue weighted by Gasteiger charge is 2.24. The molecule has 5 heteroatoms.